The first-order chi connectivity index (χ1) is 10.6. The summed E-state index contributed by atoms with van der Waals surface area (Å²) in [7, 11) is 3.73. The van der Waals surface area contributed by atoms with Crippen molar-refractivity contribution in [1.82, 2.24) is 5.01 Å². The quantitative estimate of drug-likeness (QED) is 0.925. The molecule has 0 aliphatic carbocycles. The van der Waals surface area contributed by atoms with Crippen molar-refractivity contribution in [2.45, 2.75) is 26.1 Å². The fourth-order valence-electron chi connectivity index (χ4n) is 2.05. The van der Waals surface area contributed by atoms with Crippen LogP contribution in [0.5, 0.6) is 0 Å². The van der Waals surface area contributed by atoms with Crippen molar-refractivity contribution >= 4 is 28.6 Å². The maximum absolute atomic E-state index is 13.2. The molecule has 0 aromatic heterocycles. The molecule has 0 unspecified atom stereocenters. The first kappa shape index (κ1) is 17.0. The average molecular weight is 325 g/mol. The lowest BCUT2D eigenvalue weighted by Gasteiger charge is -2.17. The predicted molar refractivity (Wildman–Crippen MR) is 86.1 cm³/mol. The van der Waals surface area contributed by atoms with Crippen molar-refractivity contribution in [1.29, 1.82) is 5.41 Å². The van der Waals surface area contributed by atoms with E-state index in [2.05, 4.69) is 10.1 Å². The highest BCUT2D eigenvalue weighted by atomic mass is 19.4. The third-order valence-corrected chi connectivity index (χ3v) is 3.25. The fourth-order valence-corrected chi connectivity index (χ4v) is 2.05. The molecule has 1 aromatic rings. The Kier molecular flexibility index (Phi) is 4.44. The van der Waals surface area contributed by atoms with Crippen molar-refractivity contribution in [3.05, 3.63) is 24.3 Å². The van der Waals surface area contributed by atoms with E-state index in [1.54, 1.807) is 38.1 Å². The molecule has 0 saturated heterocycles. The number of amidine groups is 1. The Morgan fingerprint density at radius 3 is 2.17 bits per heavy atom. The van der Waals surface area contributed by atoms with Gasteiger partial charge in [0.15, 0.2) is 11.5 Å². The van der Waals surface area contributed by atoms with Crippen molar-refractivity contribution in [3.8, 4) is 0 Å². The number of benzene rings is 1. The Morgan fingerprint density at radius 2 is 1.74 bits per heavy atom. The Bertz CT molecular complexity index is 657. The Labute approximate surface area is 132 Å². The lowest BCUT2D eigenvalue weighted by molar-refractivity contribution is -0.0571. The van der Waals surface area contributed by atoms with E-state index >= 15 is 0 Å². The van der Waals surface area contributed by atoms with Gasteiger partial charge in [0.2, 0.25) is 0 Å². The van der Waals surface area contributed by atoms with E-state index in [1.165, 1.54) is 0 Å². The third kappa shape index (κ3) is 3.52. The van der Waals surface area contributed by atoms with Crippen LogP contribution >= 0.6 is 0 Å². The summed E-state index contributed by atoms with van der Waals surface area (Å²) < 4.78 is 39.5. The maximum atomic E-state index is 13.2. The maximum Gasteiger partial charge on any atom is 0.437 e. The minimum atomic E-state index is -4.65. The summed E-state index contributed by atoms with van der Waals surface area (Å²) in [6, 6.07) is 6.37. The molecule has 5 nitrogen and oxygen atoms in total. The lowest BCUT2D eigenvalue weighted by atomic mass is 10.2. The molecular weight excluding hydrogens is 307 g/mol. The molecule has 1 aliphatic heterocycles. The van der Waals surface area contributed by atoms with Gasteiger partial charge in [-0.25, -0.2) is 10.0 Å². The van der Waals surface area contributed by atoms with Gasteiger partial charge in [-0.1, -0.05) is 0 Å². The molecular formula is C15H18F3N5. The number of halogens is 3. The second-order valence-electron chi connectivity index (χ2n) is 5.60. The standard InChI is InChI=1S/C15H18F3N5/c1-9(2)23-14(19)12(13(21-23)15(16,17)18)20-10-5-7-11(8-6-10)22(3)4/h5-9,19H,1-4H3. The van der Waals surface area contributed by atoms with Gasteiger partial charge in [-0.05, 0) is 38.1 Å². The van der Waals surface area contributed by atoms with Crippen LogP contribution in [-0.4, -0.2) is 48.6 Å². The van der Waals surface area contributed by atoms with Gasteiger partial charge in [-0.3, -0.25) is 5.41 Å². The summed E-state index contributed by atoms with van der Waals surface area (Å²) in [4.78, 5) is 5.87. The second-order valence-corrected chi connectivity index (χ2v) is 5.60. The predicted octanol–water partition coefficient (Wildman–Crippen LogP) is 3.44. The van der Waals surface area contributed by atoms with E-state index in [4.69, 9.17) is 5.41 Å². The zero-order chi connectivity index (χ0) is 17.4. The van der Waals surface area contributed by atoms with E-state index in [9.17, 15) is 13.2 Å². The number of nitrogens with one attached hydrogen (secondary N) is 1. The normalized spacial score (nSPS) is 17.2. The van der Waals surface area contributed by atoms with Gasteiger partial charge in [0.25, 0.3) is 0 Å². The Balaban J connectivity index is 2.42. The molecule has 0 fully saturated rings. The van der Waals surface area contributed by atoms with Gasteiger partial charge in [0.1, 0.15) is 5.71 Å². The van der Waals surface area contributed by atoms with E-state index in [1.807, 2.05) is 19.0 Å². The summed E-state index contributed by atoms with van der Waals surface area (Å²) in [5.74, 6) is -0.344. The van der Waals surface area contributed by atoms with E-state index in [0.717, 1.165) is 10.7 Å². The van der Waals surface area contributed by atoms with Gasteiger partial charge in [-0.15, -0.1) is 0 Å². The largest absolute Gasteiger partial charge is 0.437 e. The topological polar surface area (TPSA) is 55.1 Å². The number of aliphatic imine (C=N–C) groups is 1. The van der Waals surface area contributed by atoms with Gasteiger partial charge < -0.3 is 4.90 Å². The Morgan fingerprint density at radius 1 is 1.17 bits per heavy atom. The van der Waals surface area contributed by atoms with Crippen molar-refractivity contribution in [2.24, 2.45) is 10.1 Å². The van der Waals surface area contributed by atoms with Crippen LogP contribution in [0, 0.1) is 5.41 Å². The van der Waals surface area contributed by atoms with Crippen LogP contribution in [0.4, 0.5) is 24.5 Å². The minimum Gasteiger partial charge on any atom is -0.378 e. The molecule has 1 aromatic carbocycles. The number of rotatable bonds is 3. The Hall–Kier alpha value is -2.38. The highest BCUT2D eigenvalue weighted by Crippen LogP contribution is 2.27. The number of hydrogen-bond donors (Lipinski definition) is 1. The molecule has 1 aliphatic rings. The first-order valence-corrected chi connectivity index (χ1v) is 7.01. The number of nitrogens with zero attached hydrogens (tertiary/aromatic N) is 4. The molecule has 0 radical (unpaired) electrons. The summed E-state index contributed by atoms with van der Waals surface area (Å²) in [5.41, 5.74) is -0.335. The van der Waals surface area contributed by atoms with Crippen LogP contribution < -0.4 is 4.90 Å². The van der Waals surface area contributed by atoms with Crippen molar-refractivity contribution in [3.63, 3.8) is 0 Å². The van der Waals surface area contributed by atoms with Crippen LogP contribution in [0.1, 0.15) is 13.8 Å². The summed E-state index contributed by atoms with van der Waals surface area (Å²) in [6.45, 7) is 3.34. The molecule has 0 saturated carbocycles. The molecule has 1 N–H and O–H groups in total. The SMILES string of the molecule is CC(C)N1N=C(C(F)(F)F)C(=Nc2ccc(N(C)C)cc2)C1=N. The fraction of sp³-hybridized carbons (Fsp3) is 0.400. The van der Waals surface area contributed by atoms with E-state index in [-0.39, 0.29) is 11.9 Å². The van der Waals surface area contributed by atoms with Crippen LogP contribution in [0.3, 0.4) is 0 Å². The summed E-state index contributed by atoms with van der Waals surface area (Å²) in [5, 5.41) is 12.5. The van der Waals surface area contributed by atoms with E-state index in [0.29, 0.717) is 5.69 Å². The molecule has 2 rings (SSSR count). The smallest absolute Gasteiger partial charge is 0.378 e. The molecule has 8 heteroatoms. The van der Waals surface area contributed by atoms with Gasteiger partial charge in [0, 0.05) is 25.8 Å². The third-order valence-electron chi connectivity index (χ3n) is 3.25. The summed E-state index contributed by atoms with van der Waals surface area (Å²) in [6.07, 6.45) is -4.65. The van der Waals surface area contributed by atoms with E-state index < -0.39 is 17.6 Å². The highest BCUT2D eigenvalue weighted by molar-refractivity contribution is 6.70. The lowest BCUT2D eigenvalue weighted by Crippen LogP contribution is -2.35. The molecule has 0 bridgehead atoms. The molecule has 0 amide bonds. The van der Waals surface area contributed by atoms with Gasteiger partial charge >= 0.3 is 6.18 Å². The highest BCUT2D eigenvalue weighted by Gasteiger charge is 2.46. The minimum absolute atomic E-state index is 0.344. The summed E-state index contributed by atoms with van der Waals surface area (Å²) >= 11 is 0. The van der Waals surface area contributed by atoms with Crippen LogP contribution in [-0.2, 0) is 0 Å². The molecule has 0 atom stereocenters. The molecule has 0 spiro atoms. The zero-order valence-electron chi connectivity index (χ0n) is 13.3. The van der Waals surface area contributed by atoms with Crippen LogP contribution in [0.2, 0.25) is 0 Å². The zero-order valence-corrected chi connectivity index (χ0v) is 13.3. The second kappa shape index (κ2) is 6.02. The van der Waals surface area contributed by atoms with Crippen molar-refractivity contribution in [2.75, 3.05) is 19.0 Å². The van der Waals surface area contributed by atoms with Crippen LogP contribution in [0.25, 0.3) is 0 Å². The van der Waals surface area contributed by atoms with Gasteiger partial charge in [0.05, 0.1) is 5.69 Å². The molecule has 1 heterocycles. The number of hydrazone groups is 1. The number of alkyl halides is 3. The molecule has 124 valence electrons. The van der Waals surface area contributed by atoms with Crippen LogP contribution in [0.15, 0.2) is 34.4 Å². The van der Waals surface area contributed by atoms with Crippen molar-refractivity contribution < 1.29 is 13.2 Å². The number of anilines is 1. The number of hydrogen-bond acceptors (Lipinski definition) is 4. The van der Waals surface area contributed by atoms with Gasteiger partial charge in [-0.2, -0.15) is 18.3 Å². The average Bonchev–Trinajstić information content (AvgIpc) is 2.77. The molecule has 23 heavy (non-hydrogen) atoms. The first-order valence-electron chi connectivity index (χ1n) is 7.01. The monoisotopic (exact) mass is 325 g/mol.